The van der Waals surface area contributed by atoms with Gasteiger partial charge in [-0.15, -0.1) is 0 Å². The van der Waals surface area contributed by atoms with E-state index in [1.54, 1.807) is 6.07 Å². The highest BCUT2D eigenvalue weighted by Gasteiger charge is 2.03. The average Bonchev–Trinajstić information content (AvgIpc) is 2.26. The second-order valence-corrected chi connectivity index (χ2v) is 3.50. The Kier molecular flexibility index (Phi) is 5.65. The number of rotatable bonds is 6. The second kappa shape index (κ2) is 6.80. The lowest BCUT2D eigenvalue weighted by atomic mass is 10.2. The smallest absolute Gasteiger partial charge is 0.165 e. The summed E-state index contributed by atoms with van der Waals surface area (Å²) in [4.78, 5) is 0. The zero-order chi connectivity index (χ0) is 11.1. The monoisotopic (exact) mass is 276 g/mol. The van der Waals surface area contributed by atoms with E-state index in [1.807, 2.05) is 13.0 Å². The molecule has 0 fully saturated rings. The molecule has 0 aliphatic heterocycles. The Labute approximate surface area is 97.5 Å². The van der Waals surface area contributed by atoms with E-state index in [2.05, 4.69) is 15.9 Å². The van der Waals surface area contributed by atoms with Crippen LogP contribution >= 0.6 is 15.9 Å². The van der Waals surface area contributed by atoms with Gasteiger partial charge in [0.15, 0.2) is 11.6 Å². The van der Waals surface area contributed by atoms with Crippen molar-refractivity contribution in [3.05, 3.63) is 29.6 Å². The van der Waals surface area contributed by atoms with Crippen LogP contribution in [0.1, 0.15) is 12.5 Å². The molecular formula is C11H14BrFO2. The Balaban J connectivity index is 2.47. The van der Waals surface area contributed by atoms with Crippen molar-refractivity contribution in [3.8, 4) is 5.75 Å². The molecule has 1 aromatic rings. The van der Waals surface area contributed by atoms with Crippen molar-refractivity contribution in [1.82, 2.24) is 0 Å². The number of benzene rings is 1. The summed E-state index contributed by atoms with van der Waals surface area (Å²) < 4.78 is 23.7. The van der Waals surface area contributed by atoms with Crippen LogP contribution in [0, 0.1) is 5.82 Å². The molecule has 0 aliphatic rings. The Bertz CT molecular complexity index is 305. The highest BCUT2D eigenvalue weighted by Crippen LogP contribution is 2.19. The molecular weight excluding hydrogens is 263 g/mol. The van der Waals surface area contributed by atoms with Gasteiger partial charge >= 0.3 is 0 Å². The third-order valence-corrected chi connectivity index (χ3v) is 2.49. The van der Waals surface area contributed by atoms with E-state index in [9.17, 15) is 4.39 Å². The third-order valence-electron chi connectivity index (χ3n) is 1.84. The Morgan fingerprint density at radius 2 is 2.13 bits per heavy atom. The van der Waals surface area contributed by atoms with Crippen LogP contribution in [-0.2, 0) is 10.1 Å². The van der Waals surface area contributed by atoms with Gasteiger partial charge < -0.3 is 9.47 Å². The van der Waals surface area contributed by atoms with Crippen molar-refractivity contribution in [2.45, 2.75) is 12.3 Å². The summed E-state index contributed by atoms with van der Waals surface area (Å²) in [6.07, 6.45) is 0. The summed E-state index contributed by atoms with van der Waals surface area (Å²) in [5, 5.41) is 0.642. The zero-order valence-corrected chi connectivity index (χ0v) is 10.2. The SMILES string of the molecule is CCOCCOc1ccc(CBr)cc1F. The predicted octanol–water partition coefficient (Wildman–Crippen LogP) is 3.14. The molecule has 0 heterocycles. The molecule has 0 bridgehead atoms. The molecule has 0 unspecified atom stereocenters. The molecule has 0 radical (unpaired) electrons. The maximum Gasteiger partial charge on any atom is 0.165 e. The maximum absolute atomic E-state index is 13.4. The maximum atomic E-state index is 13.4. The van der Waals surface area contributed by atoms with Crippen molar-refractivity contribution in [3.63, 3.8) is 0 Å². The summed E-state index contributed by atoms with van der Waals surface area (Å²) >= 11 is 3.26. The minimum Gasteiger partial charge on any atom is -0.488 e. The molecule has 0 aromatic heterocycles. The van der Waals surface area contributed by atoms with Crippen LogP contribution < -0.4 is 4.74 Å². The molecule has 15 heavy (non-hydrogen) atoms. The van der Waals surface area contributed by atoms with E-state index in [0.29, 0.717) is 25.2 Å². The van der Waals surface area contributed by atoms with Gasteiger partial charge in [-0.25, -0.2) is 4.39 Å². The second-order valence-electron chi connectivity index (χ2n) is 2.94. The molecule has 0 aliphatic carbocycles. The Morgan fingerprint density at radius 1 is 1.33 bits per heavy atom. The fourth-order valence-electron chi connectivity index (χ4n) is 1.10. The van der Waals surface area contributed by atoms with Crippen LogP contribution in [0.4, 0.5) is 4.39 Å². The van der Waals surface area contributed by atoms with E-state index in [1.165, 1.54) is 6.07 Å². The van der Waals surface area contributed by atoms with Gasteiger partial charge in [-0.05, 0) is 24.6 Å². The quantitative estimate of drug-likeness (QED) is 0.587. The molecule has 2 nitrogen and oxygen atoms in total. The number of hydrogen-bond donors (Lipinski definition) is 0. The highest BCUT2D eigenvalue weighted by molar-refractivity contribution is 9.08. The van der Waals surface area contributed by atoms with Gasteiger partial charge in [0.2, 0.25) is 0 Å². The highest BCUT2D eigenvalue weighted by atomic mass is 79.9. The molecule has 0 saturated carbocycles. The first-order chi connectivity index (χ1) is 7.27. The summed E-state index contributed by atoms with van der Waals surface area (Å²) in [6, 6.07) is 4.93. The van der Waals surface area contributed by atoms with E-state index < -0.39 is 0 Å². The van der Waals surface area contributed by atoms with Gasteiger partial charge in [0.1, 0.15) is 6.61 Å². The van der Waals surface area contributed by atoms with Crippen LogP contribution in [-0.4, -0.2) is 19.8 Å². The minimum absolute atomic E-state index is 0.277. The van der Waals surface area contributed by atoms with Crippen LogP contribution in [0.25, 0.3) is 0 Å². The number of ether oxygens (including phenoxy) is 2. The van der Waals surface area contributed by atoms with Crippen molar-refractivity contribution >= 4 is 15.9 Å². The summed E-state index contributed by atoms with van der Waals surface area (Å²) in [6.45, 7) is 3.41. The van der Waals surface area contributed by atoms with Crippen LogP contribution in [0.2, 0.25) is 0 Å². The lowest BCUT2D eigenvalue weighted by Gasteiger charge is -2.07. The van der Waals surface area contributed by atoms with E-state index in [-0.39, 0.29) is 11.6 Å². The van der Waals surface area contributed by atoms with Crippen LogP contribution in [0.15, 0.2) is 18.2 Å². The Hall–Kier alpha value is -0.610. The fraction of sp³-hybridized carbons (Fsp3) is 0.455. The van der Waals surface area contributed by atoms with Gasteiger partial charge in [-0.3, -0.25) is 0 Å². The van der Waals surface area contributed by atoms with Crippen molar-refractivity contribution in [1.29, 1.82) is 0 Å². The molecule has 4 heteroatoms. The number of hydrogen-bond acceptors (Lipinski definition) is 2. The van der Waals surface area contributed by atoms with Crippen LogP contribution in [0.5, 0.6) is 5.75 Å². The standard InChI is InChI=1S/C11H14BrFO2/c1-2-14-5-6-15-11-4-3-9(8-12)7-10(11)13/h3-4,7H,2,5-6,8H2,1H3. The summed E-state index contributed by atoms with van der Waals surface area (Å²) in [5.41, 5.74) is 0.893. The molecule has 84 valence electrons. The summed E-state index contributed by atoms with van der Waals surface area (Å²) in [5.74, 6) is -0.0529. The molecule has 1 rings (SSSR count). The van der Waals surface area contributed by atoms with Gasteiger partial charge in [-0.1, -0.05) is 22.0 Å². The van der Waals surface area contributed by atoms with Crippen molar-refractivity contribution in [2.24, 2.45) is 0 Å². The lowest BCUT2D eigenvalue weighted by molar-refractivity contribution is 0.108. The van der Waals surface area contributed by atoms with Gasteiger partial charge in [0, 0.05) is 11.9 Å². The summed E-state index contributed by atoms with van der Waals surface area (Å²) in [7, 11) is 0. The fourth-order valence-corrected chi connectivity index (χ4v) is 1.45. The van der Waals surface area contributed by atoms with Gasteiger partial charge in [-0.2, -0.15) is 0 Å². The molecule has 0 saturated heterocycles. The first kappa shape index (κ1) is 12.5. The lowest BCUT2D eigenvalue weighted by Crippen LogP contribution is -2.07. The van der Waals surface area contributed by atoms with E-state index >= 15 is 0 Å². The van der Waals surface area contributed by atoms with Crippen LogP contribution in [0.3, 0.4) is 0 Å². The molecule has 0 atom stereocenters. The van der Waals surface area contributed by atoms with Gasteiger partial charge in [0.05, 0.1) is 6.61 Å². The normalized spacial score (nSPS) is 10.3. The number of alkyl halides is 1. The topological polar surface area (TPSA) is 18.5 Å². The Morgan fingerprint density at radius 3 is 2.73 bits per heavy atom. The third kappa shape index (κ3) is 4.18. The van der Waals surface area contributed by atoms with E-state index in [0.717, 1.165) is 5.56 Å². The minimum atomic E-state index is -0.330. The first-order valence-electron chi connectivity index (χ1n) is 4.83. The average molecular weight is 277 g/mol. The largest absolute Gasteiger partial charge is 0.488 e. The number of halogens is 2. The van der Waals surface area contributed by atoms with Crippen molar-refractivity contribution in [2.75, 3.05) is 19.8 Å². The molecule has 0 amide bonds. The van der Waals surface area contributed by atoms with Gasteiger partial charge in [0.25, 0.3) is 0 Å². The van der Waals surface area contributed by atoms with E-state index in [4.69, 9.17) is 9.47 Å². The molecule has 1 aromatic carbocycles. The first-order valence-corrected chi connectivity index (χ1v) is 5.95. The zero-order valence-electron chi connectivity index (χ0n) is 8.63. The molecule has 0 N–H and O–H groups in total. The molecule has 0 spiro atoms. The van der Waals surface area contributed by atoms with Crippen molar-refractivity contribution < 1.29 is 13.9 Å². The predicted molar refractivity (Wildman–Crippen MR) is 61.0 cm³/mol.